The van der Waals surface area contributed by atoms with Crippen molar-refractivity contribution in [3.63, 3.8) is 0 Å². The molecule has 168 valence electrons. The molecule has 0 aliphatic rings. The normalized spacial score (nSPS) is 10.9. The second-order valence-electron chi connectivity index (χ2n) is 7.81. The van der Waals surface area contributed by atoms with E-state index in [1.54, 1.807) is 41.9 Å². The van der Waals surface area contributed by atoms with Gasteiger partial charge in [0.25, 0.3) is 11.1 Å². The Kier molecular flexibility index (Phi) is 6.46. The lowest BCUT2D eigenvalue weighted by molar-refractivity contribution is 0.0999. The lowest BCUT2D eigenvalue weighted by Crippen LogP contribution is -2.25. The Hall–Kier alpha value is -3.65. The average molecular weight is 461 g/mol. The van der Waals surface area contributed by atoms with Crippen molar-refractivity contribution < 1.29 is 14.0 Å². The summed E-state index contributed by atoms with van der Waals surface area (Å²) in [7, 11) is 0. The molecule has 8 heteroatoms. The fraction of sp³-hybridized carbons (Fsp3) is 0.200. The molecule has 4 rings (SSSR count). The van der Waals surface area contributed by atoms with Crippen molar-refractivity contribution in [2.45, 2.75) is 32.9 Å². The van der Waals surface area contributed by atoms with Crippen LogP contribution in [-0.2, 0) is 0 Å². The van der Waals surface area contributed by atoms with E-state index in [1.807, 2.05) is 45.0 Å². The van der Waals surface area contributed by atoms with Gasteiger partial charge >= 0.3 is 0 Å². The van der Waals surface area contributed by atoms with Gasteiger partial charge in [-0.3, -0.25) is 19.7 Å². The average Bonchev–Trinajstić information content (AvgIpc) is 3.40. The Labute approximate surface area is 196 Å². The zero-order chi connectivity index (χ0) is 23.5. The van der Waals surface area contributed by atoms with Crippen molar-refractivity contribution in [2.75, 3.05) is 11.2 Å². The van der Waals surface area contributed by atoms with Gasteiger partial charge in [-0.15, -0.1) is 10.2 Å². The molecule has 33 heavy (non-hydrogen) atoms. The topological polar surface area (TPSA) is 90.0 Å². The van der Waals surface area contributed by atoms with E-state index in [4.69, 9.17) is 4.42 Å². The number of aromatic nitrogens is 3. The summed E-state index contributed by atoms with van der Waals surface area (Å²) in [5, 5.41) is 8.50. The summed E-state index contributed by atoms with van der Waals surface area (Å²) in [5.41, 5.74) is 8.56. The standard InChI is InChI=1S/C25H24N4O3S/c1-15-10-11-20(12-16(15)2)24-26-27-25(32-24)33-14-22(30)21-13-17(3)29(18(21)4)28-23(31)19-8-6-5-7-9-19/h5-13H,14H2,1-4H3,(H,28,31). The molecule has 0 spiro atoms. The van der Waals surface area contributed by atoms with Crippen LogP contribution in [0, 0.1) is 27.7 Å². The molecule has 0 atom stereocenters. The molecule has 7 nitrogen and oxygen atoms in total. The van der Waals surface area contributed by atoms with Gasteiger partial charge in [-0.05, 0) is 69.2 Å². The molecule has 2 heterocycles. The van der Waals surface area contributed by atoms with Crippen molar-refractivity contribution in [2.24, 2.45) is 0 Å². The molecule has 0 aliphatic heterocycles. The van der Waals surface area contributed by atoms with Gasteiger partial charge in [-0.25, -0.2) is 0 Å². The molecule has 4 aromatic rings. The van der Waals surface area contributed by atoms with E-state index in [1.165, 1.54) is 17.3 Å². The third-order valence-electron chi connectivity index (χ3n) is 5.47. The SMILES string of the molecule is Cc1ccc(-c2nnc(SCC(=O)c3cc(C)n(NC(=O)c4ccccc4)c3C)o2)cc1C. The highest BCUT2D eigenvalue weighted by Gasteiger charge is 2.19. The Morgan fingerprint density at radius 3 is 2.45 bits per heavy atom. The van der Waals surface area contributed by atoms with Crippen LogP contribution in [-0.4, -0.2) is 32.3 Å². The highest BCUT2D eigenvalue weighted by atomic mass is 32.2. The van der Waals surface area contributed by atoms with Crippen molar-refractivity contribution in [3.8, 4) is 11.5 Å². The molecule has 2 aromatic heterocycles. The molecule has 0 saturated carbocycles. The number of hydrogen-bond donors (Lipinski definition) is 1. The van der Waals surface area contributed by atoms with E-state index in [2.05, 4.69) is 15.6 Å². The zero-order valence-corrected chi connectivity index (χ0v) is 19.7. The minimum Gasteiger partial charge on any atom is -0.411 e. The summed E-state index contributed by atoms with van der Waals surface area (Å²) in [6.07, 6.45) is 0. The number of nitrogens with zero attached hydrogens (tertiary/aromatic N) is 3. The van der Waals surface area contributed by atoms with E-state index in [0.29, 0.717) is 27.9 Å². The smallest absolute Gasteiger partial charge is 0.277 e. The van der Waals surface area contributed by atoms with Crippen LogP contribution >= 0.6 is 11.8 Å². The predicted octanol–water partition coefficient (Wildman–Crippen LogP) is 5.13. The highest BCUT2D eigenvalue weighted by molar-refractivity contribution is 7.99. The van der Waals surface area contributed by atoms with Gasteiger partial charge in [0.1, 0.15) is 0 Å². The van der Waals surface area contributed by atoms with E-state index in [9.17, 15) is 9.59 Å². The molecule has 0 saturated heterocycles. The summed E-state index contributed by atoms with van der Waals surface area (Å²) in [6, 6.07) is 16.7. The van der Waals surface area contributed by atoms with Crippen molar-refractivity contribution in [3.05, 3.63) is 88.2 Å². The van der Waals surface area contributed by atoms with Crippen molar-refractivity contribution in [1.29, 1.82) is 0 Å². The van der Waals surface area contributed by atoms with E-state index < -0.39 is 0 Å². The van der Waals surface area contributed by atoms with Crippen LogP contribution in [0.15, 0.2) is 64.2 Å². The largest absolute Gasteiger partial charge is 0.411 e. The first-order valence-corrected chi connectivity index (χ1v) is 11.4. The number of aryl methyl sites for hydroxylation is 3. The summed E-state index contributed by atoms with van der Waals surface area (Å²) >= 11 is 1.19. The number of thioether (sulfide) groups is 1. The Morgan fingerprint density at radius 2 is 1.73 bits per heavy atom. The molecule has 0 aliphatic carbocycles. The van der Waals surface area contributed by atoms with Crippen LogP contribution < -0.4 is 5.43 Å². The Balaban J connectivity index is 1.43. The number of rotatable bonds is 7. The van der Waals surface area contributed by atoms with Crippen LogP contribution in [0.3, 0.4) is 0 Å². The Bertz CT molecular complexity index is 1320. The first-order chi connectivity index (χ1) is 15.8. The van der Waals surface area contributed by atoms with Gasteiger partial charge in [0.05, 0.1) is 5.75 Å². The molecular weight excluding hydrogens is 436 g/mol. The molecule has 0 fully saturated rings. The quantitative estimate of drug-likeness (QED) is 0.304. The second kappa shape index (κ2) is 9.46. The molecule has 1 N–H and O–H groups in total. The summed E-state index contributed by atoms with van der Waals surface area (Å²) in [6.45, 7) is 7.73. The number of benzene rings is 2. The van der Waals surface area contributed by atoms with Crippen molar-refractivity contribution in [1.82, 2.24) is 14.9 Å². The highest BCUT2D eigenvalue weighted by Crippen LogP contribution is 2.26. The maximum absolute atomic E-state index is 12.9. The van der Waals surface area contributed by atoms with Crippen LogP contribution in [0.25, 0.3) is 11.5 Å². The molecule has 0 unspecified atom stereocenters. The summed E-state index contributed by atoms with van der Waals surface area (Å²) in [5.74, 6) is 0.246. The number of carbonyl (C=O) groups is 2. The minimum absolute atomic E-state index is 0.0840. The van der Waals surface area contributed by atoms with E-state index >= 15 is 0 Å². The number of ketones is 1. The van der Waals surface area contributed by atoms with Gasteiger partial charge < -0.3 is 4.42 Å². The number of carbonyl (C=O) groups excluding carboxylic acids is 2. The van der Waals surface area contributed by atoms with Gasteiger partial charge in [-0.1, -0.05) is 36.0 Å². The fourth-order valence-corrected chi connectivity index (χ4v) is 4.08. The first kappa shape index (κ1) is 22.5. The first-order valence-electron chi connectivity index (χ1n) is 10.5. The molecule has 1 amide bonds. The third-order valence-corrected chi connectivity index (χ3v) is 6.29. The van der Waals surface area contributed by atoms with Gasteiger partial charge in [0, 0.05) is 28.1 Å². The number of amides is 1. The molecular formula is C25H24N4O3S. The lowest BCUT2D eigenvalue weighted by Gasteiger charge is -2.11. The van der Waals surface area contributed by atoms with Crippen molar-refractivity contribution >= 4 is 23.5 Å². The lowest BCUT2D eigenvalue weighted by atomic mass is 10.1. The zero-order valence-electron chi connectivity index (χ0n) is 18.9. The van der Waals surface area contributed by atoms with E-state index in [-0.39, 0.29) is 17.4 Å². The molecule has 0 radical (unpaired) electrons. The predicted molar refractivity (Wildman–Crippen MR) is 128 cm³/mol. The number of hydrogen-bond acceptors (Lipinski definition) is 6. The molecule has 0 bridgehead atoms. The minimum atomic E-state index is -0.240. The van der Waals surface area contributed by atoms with Gasteiger partial charge in [0.2, 0.25) is 5.89 Å². The van der Waals surface area contributed by atoms with E-state index in [0.717, 1.165) is 16.8 Å². The van der Waals surface area contributed by atoms with Crippen LogP contribution in [0.4, 0.5) is 0 Å². The van der Waals surface area contributed by atoms with Crippen LogP contribution in [0.1, 0.15) is 43.2 Å². The van der Waals surface area contributed by atoms with Crippen LogP contribution in [0.5, 0.6) is 0 Å². The number of nitrogens with one attached hydrogen (secondary N) is 1. The third kappa shape index (κ3) is 4.90. The maximum atomic E-state index is 12.9. The van der Waals surface area contributed by atoms with Gasteiger partial charge in [0.15, 0.2) is 5.78 Å². The van der Waals surface area contributed by atoms with Crippen LogP contribution in [0.2, 0.25) is 0 Å². The summed E-state index contributed by atoms with van der Waals surface area (Å²) in [4.78, 5) is 25.4. The number of Topliss-reactive ketones (excluding diaryl/α,β-unsaturated/α-hetero) is 1. The maximum Gasteiger partial charge on any atom is 0.277 e. The molecule has 2 aromatic carbocycles. The second-order valence-corrected chi connectivity index (χ2v) is 8.74. The fourth-order valence-electron chi connectivity index (χ4n) is 3.44. The Morgan fingerprint density at radius 1 is 0.970 bits per heavy atom. The summed E-state index contributed by atoms with van der Waals surface area (Å²) < 4.78 is 7.37. The monoisotopic (exact) mass is 460 g/mol. The van der Waals surface area contributed by atoms with Gasteiger partial charge in [-0.2, -0.15) is 0 Å².